The lowest BCUT2D eigenvalue weighted by Gasteiger charge is -2.04. The van der Waals surface area contributed by atoms with Gasteiger partial charge in [0.2, 0.25) is 0 Å². The van der Waals surface area contributed by atoms with E-state index in [-0.39, 0.29) is 5.82 Å². The molecule has 0 aliphatic carbocycles. The predicted octanol–water partition coefficient (Wildman–Crippen LogP) is 4.93. The smallest absolute Gasteiger partial charge is 0.124 e. The summed E-state index contributed by atoms with van der Waals surface area (Å²) in [4.78, 5) is 4.18. The zero-order valence-electron chi connectivity index (χ0n) is 8.66. The second-order valence-electron chi connectivity index (χ2n) is 3.34. The van der Waals surface area contributed by atoms with Crippen LogP contribution >= 0.6 is 39.3 Å². The Balaban J connectivity index is 2.04. The van der Waals surface area contributed by atoms with Gasteiger partial charge < -0.3 is 0 Å². The fourth-order valence-corrected chi connectivity index (χ4v) is 2.87. The SMILES string of the molecule is Fc1ccc(CSc2ccc(Cl)cn2)c(Br)c1. The molecule has 0 atom stereocenters. The van der Waals surface area contributed by atoms with Crippen LogP contribution in [0.25, 0.3) is 0 Å². The van der Waals surface area contributed by atoms with Crippen LogP contribution in [0.1, 0.15) is 5.56 Å². The van der Waals surface area contributed by atoms with Crippen LogP contribution in [0, 0.1) is 5.82 Å². The first-order valence-corrected chi connectivity index (χ1v) is 6.99. The molecule has 0 bridgehead atoms. The third-order valence-corrected chi connectivity index (χ3v) is 4.05. The molecule has 0 saturated carbocycles. The molecule has 1 nitrogen and oxygen atoms in total. The van der Waals surface area contributed by atoms with Gasteiger partial charge in [-0.2, -0.15) is 0 Å². The van der Waals surface area contributed by atoms with Crippen molar-refractivity contribution in [3.8, 4) is 0 Å². The molecule has 1 aromatic carbocycles. The number of aromatic nitrogens is 1. The topological polar surface area (TPSA) is 12.9 Å². The van der Waals surface area contributed by atoms with Gasteiger partial charge in [0, 0.05) is 16.4 Å². The van der Waals surface area contributed by atoms with Crippen LogP contribution in [0.15, 0.2) is 46.0 Å². The van der Waals surface area contributed by atoms with Gasteiger partial charge in [0.25, 0.3) is 0 Å². The molecule has 0 aliphatic heterocycles. The van der Waals surface area contributed by atoms with E-state index in [1.807, 2.05) is 6.07 Å². The van der Waals surface area contributed by atoms with E-state index < -0.39 is 0 Å². The third-order valence-electron chi connectivity index (χ3n) is 2.09. The summed E-state index contributed by atoms with van der Waals surface area (Å²) >= 11 is 10.7. The molecular formula is C12H8BrClFNS. The standard InChI is InChI=1S/C12H8BrClFNS/c13-11-5-10(15)3-1-8(11)7-17-12-4-2-9(14)6-16-12/h1-6H,7H2. The van der Waals surface area contributed by atoms with E-state index in [0.717, 1.165) is 20.8 Å². The van der Waals surface area contributed by atoms with E-state index in [9.17, 15) is 4.39 Å². The molecule has 0 radical (unpaired) electrons. The zero-order chi connectivity index (χ0) is 12.3. The Hall–Kier alpha value is -0.580. The lowest BCUT2D eigenvalue weighted by Crippen LogP contribution is -1.86. The number of thioether (sulfide) groups is 1. The Morgan fingerprint density at radius 1 is 1.29 bits per heavy atom. The van der Waals surface area contributed by atoms with E-state index >= 15 is 0 Å². The van der Waals surface area contributed by atoms with Gasteiger partial charge >= 0.3 is 0 Å². The average molecular weight is 333 g/mol. The van der Waals surface area contributed by atoms with Crippen LogP contribution in [0.3, 0.4) is 0 Å². The monoisotopic (exact) mass is 331 g/mol. The Kier molecular flexibility index (Phi) is 4.42. The molecule has 0 saturated heterocycles. The van der Waals surface area contributed by atoms with Crippen LogP contribution in [0.2, 0.25) is 5.02 Å². The lowest BCUT2D eigenvalue weighted by atomic mass is 10.2. The molecule has 0 spiro atoms. The molecule has 88 valence electrons. The highest BCUT2D eigenvalue weighted by Gasteiger charge is 2.03. The number of pyridine rings is 1. The van der Waals surface area contributed by atoms with Gasteiger partial charge in [0.1, 0.15) is 5.82 Å². The van der Waals surface area contributed by atoms with Gasteiger partial charge in [-0.05, 0) is 29.8 Å². The van der Waals surface area contributed by atoms with Gasteiger partial charge in [-0.1, -0.05) is 33.6 Å². The van der Waals surface area contributed by atoms with Gasteiger partial charge in [-0.15, -0.1) is 11.8 Å². The van der Waals surface area contributed by atoms with Crippen LogP contribution in [0.4, 0.5) is 4.39 Å². The van der Waals surface area contributed by atoms with Crippen LogP contribution in [0.5, 0.6) is 0 Å². The first kappa shape index (κ1) is 12.9. The van der Waals surface area contributed by atoms with Crippen molar-refractivity contribution in [2.75, 3.05) is 0 Å². The van der Waals surface area contributed by atoms with Crippen molar-refractivity contribution in [3.63, 3.8) is 0 Å². The van der Waals surface area contributed by atoms with Crippen molar-refractivity contribution in [3.05, 3.63) is 57.4 Å². The second kappa shape index (κ2) is 5.85. The van der Waals surface area contributed by atoms with E-state index in [1.165, 1.54) is 12.1 Å². The molecule has 5 heteroatoms. The molecule has 2 rings (SSSR count). The maximum atomic E-state index is 12.9. The summed E-state index contributed by atoms with van der Waals surface area (Å²) in [6.07, 6.45) is 1.61. The predicted molar refractivity (Wildman–Crippen MR) is 72.9 cm³/mol. The highest BCUT2D eigenvalue weighted by Crippen LogP contribution is 2.26. The Morgan fingerprint density at radius 2 is 2.12 bits per heavy atom. The van der Waals surface area contributed by atoms with E-state index in [4.69, 9.17) is 11.6 Å². The van der Waals surface area contributed by atoms with Crippen LogP contribution in [-0.2, 0) is 5.75 Å². The minimum Gasteiger partial charge on any atom is -0.248 e. The van der Waals surface area contributed by atoms with Crippen LogP contribution < -0.4 is 0 Å². The molecule has 1 heterocycles. The molecule has 2 aromatic rings. The maximum Gasteiger partial charge on any atom is 0.124 e. The maximum absolute atomic E-state index is 12.9. The largest absolute Gasteiger partial charge is 0.248 e. The normalized spacial score (nSPS) is 10.5. The van der Waals surface area contributed by atoms with E-state index in [1.54, 1.807) is 30.1 Å². The summed E-state index contributed by atoms with van der Waals surface area (Å²) < 4.78 is 13.7. The van der Waals surface area contributed by atoms with Crippen molar-refractivity contribution in [1.29, 1.82) is 0 Å². The minimum atomic E-state index is -0.241. The summed E-state index contributed by atoms with van der Waals surface area (Å²) in [5.41, 5.74) is 1.04. The molecular weight excluding hydrogens is 325 g/mol. The quantitative estimate of drug-likeness (QED) is 0.739. The minimum absolute atomic E-state index is 0.241. The fraction of sp³-hybridized carbons (Fsp3) is 0.0833. The molecule has 0 aliphatic rings. The van der Waals surface area contributed by atoms with E-state index in [2.05, 4.69) is 20.9 Å². The molecule has 0 N–H and O–H groups in total. The summed E-state index contributed by atoms with van der Waals surface area (Å²) in [5.74, 6) is 0.491. The number of rotatable bonds is 3. The highest BCUT2D eigenvalue weighted by molar-refractivity contribution is 9.10. The number of hydrogen-bond acceptors (Lipinski definition) is 2. The number of hydrogen-bond donors (Lipinski definition) is 0. The second-order valence-corrected chi connectivity index (χ2v) is 5.63. The molecule has 0 unspecified atom stereocenters. The lowest BCUT2D eigenvalue weighted by molar-refractivity contribution is 0.626. The van der Waals surface area contributed by atoms with E-state index in [0.29, 0.717) is 5.02 Å². The average Bonchev–Trinajstić information content (AvgIpc) is 2.30. The van der Waals surface area contributed by atoms with Crippen molar-refractivity contribution in [2.45, 2.75) is 10.8 Å². The third kappa shape index (κ3) is 3.69. The number of nitrogens with zero attached hydrogens (tertiary/aromatic N) is 1. The fourth-order valence-electron chi connectivity index (χ4n) is 1.24. The highest BCUT2D eigenvalue weighted by atomic mass is 79.9. The number of halogens is 3. The Labute approximate surface area is 117 Å². The molecule has 0 amide bonds. The summed E-state index contributed by atoms with van der Waals surface area (Å²) in [6.45, 7) is 0. The number of benzene rings is 1. The van der Waals surface area contributed by atoms with Crippen molar-refractivity contribution in [2.24, 2.45) is 0 Å². The first-order chi connectivity index (χ1) is 8.15. The van der Waals surface area contributed by atoms with Crippen LogP contribution in [-0.4, -0.2) is 4.98 Å². The molecule has 0 fully saturated rings. The summed E-state index contributed by atoms with van der Waals surface area (Å²) in [7, 11) is 0. The van der Waals surface area contributed by atoms with Gasteiger partial charge in [-0.25, -0.2) is 9.37 Å². The van der Waals surface area contributed by atoms with Crippen molar-refractivity contribution >= 4 is 39.3 Å². The van der Waals surface area contributed by atoms with Gasteiger partial charge in [-0.3, -0.25) is 0 Å². The zero-order valence-corrected chi connectivity index (χ0v) is 11.8. The Morgan fingerprint density at radius 3 is 2.76 bits per heavy atom. The van der Waals surface area contributed by atoms with Crippen molar-refractivity contribution in [1.82, 2.24) is 4.98 Å². The van der Waals surface area contributed by atoms with Gasteiger partial charge in [0.05, 0.1) is 10.0 Å². The summed E-state index contributed by atoms with van der Waals surface area (Å²) in [5, 5.41) is 1.52. The van der Waals surface area contributed by atoms with Gasteiger partial charge in [0.15, 0.2) is 0 Å². The summed E-state index contributed by atoms with van der Waals surface area (Å²) in [6, 6.07) is 8.35. The first-order valence-electron chi connectivity index (χ1n) is 4.83. The Bertz CT molecular complexity index is 518. The van der Waals surface area contributed by atoms with Crippen molar-refractivity contribution < 1.29 is 4.39 Å². The molecule has 1 aromatic heterocycles. The molecule has 17 heavy (non-hydrogen) atoms.